The van der Waals surface area contributed by atoms with Gasteiger partial charge in [0.1, 0.15) is 11.3 Å². The number of likely N-dealkylation sites (tertiary alicyclic amines) is 1. The maximum Gasteiger partial charge on any atom is 0.274 e. The number of piperidine rings is 1. The van der Waals surface area contributed by atoms with Crippen LogP contribution in [0.5, 0.6) is 0 Å². The molecule has 2 aromatic heterocycles. The number of nitrogens with one attached hydrogen (secondary N) is 1. The zero-order valence-electron chi connectivity index (χ0n) is 14.7. The first kappa shape index (κ1) is 16.3. The van der Waals surface area contributed by atoms with Crippen LogP contribution in [0, 0.1) is 0 Å². The van der Waals surface area contributed by atoms with E-state index in [0.717, 1.165) is 36.9 Å². The highest BCUT2D eigenvalue weighted by atomic mass is 16.3. The quantitative estimate of drug-likeness (QED) is 0.871. The number of amides is 1. The number of nitrogens with zero attached hydrogens (tertiary/aromatic N) is 5. The van der Waals surface area contributed by atoms with E-state index >= 15 is 0 Å². The second kappa shape index (κ2) is 5.94. The Morgan fingerprint density at radius 3 is 2.96 bits per heavy atom. The third-order valence-electron chi connectivity index (χ3n) is 5.28. The molecule has 2 aromatic rings. The lowest BCUT2D eigenvalue weighted by molar-refractivity contribution is -0.0322. The summed E-state index contributed by atoms with van der Waals surface area (Å²) in [6, 6.07) is 0.179. The number of hydrogen-bond acceptors (Lipinski definition) is 5. The van der Waals surface area contributed by atoms with Gasteiger partial charge in [-0.05, 0) is 46.0 Å². The van der Waals surface area contributed by atoms with Crippen LogP contribution in [0.15, 0.2) is 6.20 Å². The van der Waals surface area contributed by atoms with Gasteiger partial charge in [0.15, 0.2) is 5.69 Å². The average molecular weight is 344 g/mol. The Hall–Kier alpha value is -2.22. The molecule has 0 spiro atoms. The molecule has 1 fully saturated rings. The SMILES string of the molecule is CC(C)n1cc([C@]2(O)CCCN(C(=O)c3n[nH]c4c3CCC4)C2)nn1. The van der Waals surface area contributed by atoms with Gasteiger partial charge in [0.25, 0.3) is 5.91 Å². The van der Waals surface area contributed by atoms with Gasteiger partial charge in [0.05, 0.1) is 12.7 Å². The molecule has 2 N–H and O–H groups in total. The molecule has 1 atom stereocenters. The normalized spacial score (nSPS) is 23.3. The maximum atomic E-state index is 12.9. The Bertz CT molecular complexity index is 795. The summed E-state index contributed by atoms with van der Waals surface area (Å²) < 4.78 is 1.73. The Morgan fingerprint density at radius 2 is 2.20 bits per heavy atom. The molecule has 0 unspecified atom stereocenters. The predicted octanol–water partition coefficient (Wildman–Crippen LogP) is 1.19. The molecule has 25 heavy (non-hydrogen) atoms. The molecule has 8 nitrogen and oxygen atoms in total. The first-order valence-electron chi connectivity index (χ1n) is 8.98. The molecular formula is C17H24N6O2. The first-order valence-corrected chi connectivity index (χ1v) is 8.98. The van der Waals surface area contributed by atoms with Crippen molar-refractivity contribution in [1.29, 1.82) is 0 Å². The van der Waals surface area contributed by atoms with E-state index in [2.05, 4.69) is 20.5 Å². The van der Waals surface area contributed by atoms with E-state index < -0.39 is 5.60 Å². The topological polar surface area (TPSA) is 99.9 Å². The fourth-order valence-electron chi connectivity index (χ4n) is 3.81. The molecule has 0 radical (unpaired) electrons. The monoisotopic (exact) mass is 344 g/mol. The van der Waals surface area contributed by atoms with Crippen molar-refractivity contribution in [3.05, 3.63) is 28.8 Å². The van der Waals surface area contributed by atoms with Crippen LogP contribution in [0.1, 0.15) is 66.6 Å². The number of aryl methyl sites for hydroxylation is 1. The fraction of sp³-hybridized carbons (Fsp3) is 0.647. The van der Waals surface area contributed by atoms with E-state index in [1.807, 2.05) is 13.8 Å². The largest absolute Gasteiger partial charge is 0.382 e. The van der Waals surface area contributed by atoms with Crippen molar-refractivity contribution >= 4 is 5.91 Å². The number of fused-ring (bicyclic) bond motifs is 1. The van der Waals surface area contributed by atoms with Gasteiger partial charge in [-0.15, -0.1) is 5.10 Å². The molecular weight excluding hydrogens is 320 g/mol. The van der Waals surface area contributed by atoms with E-state index in [0.29, 0.717) is 24.4 Å². The van der Waals surface area contributed by atoms with Crippen LogP contribution >= 0.6 is 0 Å². The number of β-amino-alcohol motifs (C(OH)–C–C–N with tert-alkyl or cyclic N) is 1. The van der Waals surface area contributed by atoms with Gasteiger partial charge in [-0.1, -0.05) is 5.21 Å². The molecule has 1 aliphatic heterocycles. The van der Waals surface area contributed by atoms with Crippen molar-refractivity contribution in [3.8, 4) is 0 Å². The highest BCUT2D eigenvalue weighted by Crippen LogP contribution is 2.32. The molecule has 0 bridgehead atoms. The lowest BCUT2D eigenvalue weighted by atomic mass is 9.89. The lowest BCUT2D eigenvalue weighted by Crippen LogP contribution is -2.49. The van der Waals surface area contributed by atoms with Crippen LogP contribution in [0.2, 0.25) is 0 Å². The summed E-state index contributed by atoms with van der Waals surface area (Å²) in [6.07, 6.45) is 6.00. The Labute approximate surface area is 146 Å². The van der Waals surface area contributed by atoms with Crippen molar-refractivity contribution < 1.29 is 9.90 Å². The van der Waals surface area contributed by atoms with Crippen LogP contribution in [-0.4, -0.2) is 54.2 Å². The highest BCUT2D eigenvalue weighted by molar-refractivity contribution is 5.94. The van der Waals surface area contributed by atoms with E-state index in [-0.39, 0.29) is 18.5 Å². The molecule has 0 aromatic carbocycles. The van der Waals surface area contributed by atoms with Gasteiger partial charge < -0.3 is 10.0 Å². The third kappa shape index (κ3) is 2.74. The first-order chi connectivity index (χ1) is 12.0. The summed E-state index contributed by atoms with van der Waals surface area (Å²) in [5.41, 5.74) is 2.02. The number of rotatable bonds is 3. The Kier molecular flexibility index (Phi) is 3.87. The van der Waals surface area contributed by atoms with Crippen LogP contribution in [0.3, 0.4) is 0 Å². The minimum atomic E-state index is -1.15. The number of carbonyl (C=O) groups is 1. The number of aromatic nitrogens is 5. The van der Waals surface area contributed by atoms with Gasteiger partial charge >= 0.3 is 0 Å². The van der Waals surface area contributed by atoms with Crippen LogP contribution in [0.25, 0.3) is 0 Å². The predicted molar refractivity (Wildman–Crippen MR) is 90.1 cm³/mol. The standard InChI is InChI=1S/C17H24N6O2/c1-11(2)23-9-14(19-21-23)17(25)7-4-8-22(10-17)16(24)15-12-5-3-6-13(12)18-20-15/h9,11,25H,3-8,10H2,1-2H3,(H,18,20)/t17-/m0/s1. The van der Waals surface area contributed by atoms with Crippen LogP contribution in [-0.2, 0) is 18.4 Å². The second-order valence-electron chi connectivity index (χ2n) is 7.42. The maximum absolute atomic E-state index is 12.9. The summed E-state index contributed by atoms with van der Waals surface area (Å²) in [5, 5.41) is 26.6. The number of H-pyrrole nitrogens is 1. The van der Waals surface area contributed by atoms with Crippen molar-refractivity contribution in [2.24, 2.45) is 0 Å². The van der Waals surface area contributed by atoms with Gasteiger partial charge in [-0.3, -0.25) is 9.89 Å². The molecule has 2 aliphatic rings. The molecule has 134 valence electrons. The lowest BCUT2D eigenvalue weighted by Gasteiger charge is -2.37. The fourth-order valence-corrected chi connectivity index (χ4v) is 3.81. The molecule has 1 amide bonds. The van der Waals surface area contributed by atoms with Gasteiger partial charge in [0.2, 0.25) is 0 Å². The van der Waals surface area contributed by atoms with Crippen molar-refractivity contribution in [2.45, 2.75) is 57.6 Å². The Balaban J connectivity index is 1.56. The van der Waals surface area contributed by atoms with Crippen molar-refractivity contribution in [1.82, 2.24) is 30.1 Å². The molecule has 1 aliphatic carbocycles. The third-order valence-corrected chi connectivity index (χ3v) is 5.28. The summed E-state index contributed by atoms with van der Waals surface area (Å²) >= 11 is 0. The van der Waals surface area contributed by atoms with Gasteiger partial charge in [-0.2, -0.15) is 5.10 Å². The number of hydrogen-bond donors (Lipinski definition) is 2. The Morgan fingerprint density at radius 1 is 1.36 bits per heavy atom. The van der Waals surface area contributed by atoms with E-state index in [1.54, 1.807) is 15.8 Å². The molecule has 8 heteroatoms. The van der Waals surface area contributed by atoms with E-state index in [9.17, 15) is 9.90 Å². The second-order valence-corrected chi connectivity index (χ2v) is 7.42. The number of aliphatic hydroxyl groups is 1. The molecule has 4 rings (SSSR count). The van der Waals surface area contributed by atoms with Gasteiger partial charge in [-0.25, -0.2) is 4.68 Å². The molecule has 1 saturated heterocycles. The number of aromatic amines is 1. The minimum absolute atomic E-state index is 0.103. The zero-order valence-corrected chi connectivity index (χ0v) is 14.7. The van der Waals surface area contributed by atoms with Crippen molar-refractivity contribution in [2.75, 3.05) is 13.1 Å². The van der Waals surface area contributed by atoms with Crippen LogP contribution in [0.4, 0.5) is 0 Å². The summed E-state index contributed by atoms with van der Waals surface area (Å²) in [5.74, 6) is -0.103. The van der Waals surface area contributed by atoms with E-state index in [1.165, 1.54) is 0 Å². The summed E-state index contributed by atoms with van der Waals surface area (Å²) in [7, 11) is 0. The van der Waals surface area contributed by atoms with Gasteiger partial charge in [0, 0.05) is 23.8 Å². The molecule has 0 saturated carbocycles. The molecule has 3 heterocycles. The average Bonchev–Trinajstić information content (AvgIpc) is 3.30. The summed E-state index contributed by atoms with van der Waals surface area (Å²) in [6.45, 7) is 4.88. The van der Waals surface area contributed by atoms with E-state index in [4.69, 9.17) is 0 Å². The minimum Gasteiger partial charge on any atom is -0.382 e. The number of carbonyl (C=O) groups excluding carboxylic acids is 1. The van der Waals surface area contributed by atoms with Crippen molar-refractivity contribution in [3.63, 3.8) is 0 Å². The van der Waals surface area contributed by atoms with Crippen LogP contribution < -0.4 is 0 Å². The highest BCUT2D eigenvalue weighted by Gasteiger charge is 2.40. The summed E-state index contributed by atoms with van der Waals surface area (Å²) in [4.78, 5) is 14.6. The zero-order chi connectivity index (χ0) is 17.6. The smallest absolute Gasteiger partial charge is 0.274 e.